The smallest absolute Gasteiger partial charge is 0.189 e. The number of hydrogen-bond donors (Lipinski definition) is 0. The number of halogens is 1. The molecule has 106 valence electrons. The predicted molar refractivity (Wildman–Crippen MR) is 86.0 cm³/mol. The maximum atomic E-state index is 12.6. The van der Waals surface area contributed by atoms with Crippen LogP contribution in [-0.4, -0.2) is 22.8 Å². The normalized spacial score (nSPS) is 16.6. The number of thiophene rings is 2. The summed E-state index contributed by atoms with van der Waals surface area (Å²) in [5, 5.41) is 2.09. The maximum Gasteiger partial charge on any atom is 0.189 e. The Morgan fingerprint density at radius 1 is 1.45 bits per heavy atom. The van der Waals surface area contributed by atoms with Crippen molar-refractivity contribution in [2.45, 2.75) is 38.4 Å². The minimum atomic E-state index is -0.0840. The highest BCUT2D eigenvalue weighted by atomic mass is 35.5. The third kappa shape index (κ3) is 3.14. The van der Waals surface area contributed by atoms with Crippen LogP contribution in [0.1, 0.15) is 34.3 Å². The SMILES string of the molecule is CC(C(=O)c1ccc(Cl)s1)N(Cc1cccs1)C1CC1. The number of hydrogen-bond acceptors (Lipinski definition) is 4. The van der Waals surface area contributed by atoms with Crippen molar-refractivity contribution in [1.29, 1.82) is 0 Å². The molecule has 1 unspecified atom stereocenters. The van der Waals surface area contributed by atoms with E-state index in [1.807, 2.05) is 13.0 Å². The van der Waals surface area contributed by atoms with Gasteiger partial charge >= 0.3 is 0 Å². The van der Waals surface area contributed by atoms with Gasteiger partial charge < -0.3 is 0 Å². The number of carbonyl (C=O) groups excluding carboxylic acids is 1. The van der Waals surface area contributed by atoms with Crippen LogP contribution in [0.5, 0.6) is 0 Å². The zero-order valence-corrected chi connectivity index (χ0v) is 13.6. The summed E-state index contributed by atoms with van der Waals surface area (Å²) in [4.78, 5) is 17.0. The van der Waals surface area contributed by atoms with Gasteiger partial charge in [0.05, 0.1) is 15.3 Å². The van der Waals surface area contributed by atoms with E-state index in [-0.39, 0.29) is 11.8 Å². The van der Waals surface area contributed by atoms with E-state index in [0.717, 1.165) is 11.4 Å². The quantitative estimate of drug-likeness (QED) is 0.717. The molecule has 5 heteroatoms. The van der Waals surface area contributed by atoms with E-state index in [1.54, 1.807) is 17.4 Å². The molecule has 1 aliphatic rings. The highest BCUT2D eigenvalue weighted by Crippen LogP contribution is 2.33. The number of ketones is 1. The molecule has 0 aromatic carbocycles. The van der Waals surface area contributed by atoms with Gasteiger partial charge in [-0.1, -0.05) is 17.7 Å². The second kappa shape index (κ2) is 5.98. The van der Waals surface area contributed by atoms with Gasteiger partial charge in [-0.05, 0) is 43.3 Å². The van der Waals surface area contributed by atoms with Crippen LogP contribution in [0.25, 0.3) is 0 Å². The molecule has 0 saturated heterocycles. The van der Waals surface area contributed by atoms with E-state index < -0.39 is 0 Å². The van der Waals surface area contributed by atoms with E-state index in [9.17, 15) is 4.79 Å². The second-order valence-corrected chi connectivity index (χ2v) is 7.87. The van der Waals surface area contributed by atoms with E-state index in [0.29, 0.717) is 10.4 Å². The van der Waals surface area contributed by atoms with Crippen LogP contribution in [0.15, 0.2) is 29.6 Å². The molecular weight excluding hydrogens is 310 g/mol. The summed E-state index contributed by atoms with van der Waals surface area (Å²) in [7, 11) is 0. The van der Waals surface area contributed by atoms with Crippen molar-refractivity contribution < 1.29 is 4.79 Å². The molecule has 0 aliphatic heterocycles. The Morgan fingerprint density at radius 3 is 2.80 bits per heavy atom. The van der Waals surface area contributed by atoms with Crippen LogP contribution in [0.3, 0.4) is 0 Å². The summed E-state index contributed by atoms with van der Waals surface area (Å²) >= 11 is 9.06. The Balaban J connectivity index is 1.75. The van der Waals surface area contributed by atoms with Crippen LogP contribution >= 0.6 is 34.3 Å². The number of carbonyl (C=O) groups is 1. The molecule has 0 amide bonds. The Morgan fingerprint density at radius 2 is 2.25 bits per heavy atom. The lowest BCUT2D eigenvalue weighted by atomic mass is 10.1. The molecule has 2 aromatic heterocycles. The molecule has 1 saturated carbocycles. The van der Waals surface area contributed by atoms with Gasteiger partial charge in [-0.15, -0.1) is 22.7 Å². The maximum absolute atomic E-state index is 12.6. The van der Waals surface area contributed by atoms with Gasteiger partial charge in [0.25, 0.3) is 0 Å². The standard InChI is InChI=1S/C15H16ClNOS2/c1-10(15(18)13-6-7-14(16)20-13)17(11-4-5-11)9-12-3-2-8-19-12/h2-3,6-8,10-11H,4-5,9H2,1H3. The van der Waals surface area contributed by atoms with Gasteiger partial charge in [0.1, 0.15) is 0 Å². The summed E-state index contributed by atoms with van der Waals surface area (Å²) in [5.41, 5.74) is 0. The molecule has 20 heavy (non-hydrogen) atoms. The van der Waals surface area contributed by atoms with Crippen LogP contribution in [0, 0.1) is 0 Å². The zero-order valence-electron chi connectivity index (χ0n) is 11.2. The fraction of sp³-hybridized carbons (Fsp3) is 0.400. The minimum absolute atomic E-state index is 0.0840. The summed E-state index contributed by atoms with van der Waals surface area (Å²) in [6.07, 6.45) is 2.41. The first-order valence-corrected chi connectivity index (χ1v) is 8.80. The Bertz CT molecular complexity index is 589. The molecule has 1 atom stereocenters. The molecule has 2 nitrogen and oxygen atoms in total. The summed E-state index contributed by atoms with van der Waals surface area (Å²) in [6, 6.07) is 8.32. The van der Waals surface area contributed by atoms with Crippen molar-refractivity contribution in [3.63, 3.8) is 0 Å². The first kappa shape index (κ1) is 14.3. The largest absolute Gasteiger partial charge is 0.291 e. The Hall–Kier alpha value is -0.680. The zero-order chi connectivity index (χ0) is 14.1. The van der Waals surface area contributed by atoms with Crippen molar-refractivity contribution in [2.75, 3.05) is 0 Å². The minimum Gasteiger partial charge on any atom is -0.291 e. The van der Waals surface area contributed by atoms with Crippen molar-refractivity contribution in [3.8, 4) is 0 Å². The predicted octanol–water partition coefficient (Wildman–Crippen LogP) is 4.70. The summed E-state index contributed by atoms with van der Waals surface area (Å²) in [6.45, 7) is 2.89. The monoisotopic (exact) mass is 325 g/mol. The molecule has 0 radical (unpaired) electrons. The molecule has 0 N–H and O–H groups in total. The topological polar surface area (TPSA) is 20.3 Å². The molecule has 2 heterocycles. The van der Waals surface area contributed by atoms with Crippen LogP contribution in [-0.2, 0) is 6.54 Å². The molecular formula is C15H16ClNOS2. The lowest BCUT2D eigenvalue weighted by Crippen LogP contribution is -2.39. The fourth-order valence-corrected chi connectivity index (χ4v) is 4.15. The third-order valence-electron chi connectivity index (χ3n) is 3.63. The van der Waals surface area contributed by atoms with Crippen molar-refractivity contribution in [1.82, 2.24) is 4.90 Å². The Kier molecular flexibility index (Phi) is 4.26. The van der Waals surface area contributed by atoms with Crippen LogP contribution in [0.4, 0.5) is 0 Å². The highest BCUT2D eigenvalue weighted by Gasteiger charge is 2.35. The molecule has 0 bridgehead atoms. The molecule has 1 fully saturated rings. The molecule has 3 rings (SSSR count). The first-order valence-electron chi connectivity index (χ1n) is 6.73. The molecule has 0 spiro atoms. The molecule has 1 aliphatic carbocycles. The third-order valence-corrected chi connectivity index (χ3v) is 5.73. The van der Waals surface area contributed by atoms with E-state index in [1.165, 1.54) is 29.1 Å². The van der Waals surface area contributed by atoms with Gasteiger partial charge in [-0.2, -0.15) is 0 Å². The average Bonchev–Trinajstić information content (AvgIpc) is 2.97. The lowest BCUT2D eigenvalue weighted by Gasteiger charge is -2.27. The number of nitrogens with zero attached hydrogens (tertiary/aromatic N) is 1. The van der Waals surface area contributed by atoms with Gasteiger partial charge in [0.2, 0.25) is 0 Å². The highest BCUT2D eigenvalue weighted by molar-refractivity contribution is 7.18. The van der Waals surface area contributed by atoms with Crippen molar-refractivity contribution in [3.05, 3.63) is 43.7 Å². The van der Waals surface area contributed by atoms with Gasteiger partial charge in [-0.25, -0.2) is 0 Å². The van der Waals surface area contributed by atoms with Gasteiger partial charge in [-0.3, -0.25) is 9.69 Å². The van der Waals surface area contributed by atoms with Crippen molar-refractivity contribution in [2.24, 2.45) is 0 Å². The molecule has 2 aromatic rings. The van der Waals surface area contributed by atoms with Gasteiger partial charge in [0, 0.05) is 17.5 Å². The van der Waals surface area contributed by atoms with Crippen LogP contribution in [0.2, 0.25) is 4.34 Å². The second-order valence-electron chi connectivity index (χ2n) is 5.13. The lowest BCUT2D eigenvalue weighted by molar-refractivity contribution is 0.0820. The number of rotatable bonds is 6. The average molecular weight is 326 g/mol. The Labute approximate surface area is 132 Å². The van der Waals surface area contributed by atoms with Gasteiger partial charge in [0.15, 0.2) is 5.78 Å². The fourth-order valence-electron chi connectivity index (χ4n) is 2.37. The number of Topliss-reactive ketones (excluding diaryl/α,β-unsaturated/α-hetero) is 1. The van der Waals surface area contributed by atoms with Crippen LogP contribution < -0.4 is 0 Å². The first-order chi connectivity index (χ1) is 9.65. The van der Waals surface area contributed by atoms with E-state index in [4.69, 9.17) is 11.6 Å². The summed E-state index contributed by atoms with van der Waals surface area (Å²) in [5.74, 6) is 0.186. The summed E-state index contributed by atoms with van der Waals surface area (Å²) < 4.78 is 0.678. The van der Waals surface area contributed by atoms with E-state index in [2.05, 4.69) is 22.4 Å². The van der Waals surface area contributed by atoms with Crippen molar-refractivity contribution >= 4 is 40.1 Å². The van der Waals surface area contributed by atoms with E-state index >= 15 is 0 Å².